The van der Waals surface area contributed by atoms with Crippen LogP contribution in [0.2, 0.25) is 10.0 Å². The van der Waals surface area contributed by atoms with Crippen LogP contribution in [0.4, 0.5) is 10.5 Å². The number of nitrogens with zero attached hydrogens (tertiary/aromatic N) is 1. The van der Waals surface area contributed by atoms with E-state index >= 15 is 0 Å². The second-order valence-corrected chi connectivity index (χ2v) is 8.39. The number of rotatable bonds is 10. The fraction of sp³-hybridized carbons (Fsp3) is 0.350. The molecule has 4 amide bonds. The Morgan fingerprint density at radius 1 is 1.10 bits per heavy atom. The number of carbonyl (C=O) groups is 3. The predicted octanol–water partition coefficient (Wildman–Crippen LogP) is 3.77. The van der Waals surface area contributed by atoms with Gasteiger partial charge in [-0.3, -0.25) is 19.8 Å². The van der Waals surface area contributed by atoms with Crippen molar-refractivity contribution in [2.75, 3.05) is 31.5 Å². The molecule has 0 saturated heterocycles. The van der Waals surface area contributed by atoms with E-state index in [1.165, 1.54) is 6.07 Å². The first-order chi connectivity index (χ1) is 14.4. The maximum Gasteiger partial charge on any atom is 0.321 e. The Balaban J connectivity index is 1.77. The molecule has 2 rings (SSSR count). The minimum absolute atomic E-state index is 0.0137. The Labute approximate surface area is 189 Å². The van der Waals surface area contributed by atoms with Gasteiger partial charge in [0.25, 0.3) is 0 Å². The van der Waals surface area contributed by atoms with Crippen LogP contribution < -0.4 is 16.0 Å². The maximum atomic E-state index is 12.3. The Bertz CT molecular complexity index is 862. The molecule has 0 fully saturated rings. The van der Waals surface area contributed by atoms with E-state index in [0.29, 0.717) is 35.2 Å². The van der Waals surface area contributed by atoms with Gasteiger partial charge in [0.2, 0.25) is 11.8 Å². The Hall–Kier alpha value is -2.13. The third-order valence-corrected chi connectivity index (χ3v) is 5.45. The normalized spacial score (nSPS) is 10.7. The van der Waals surface area contributed by atoms with E-state index in [2.05, 4.69) is 16.0 Å². The summed E-state index contributed by atoms with van der Waals surface area (Å²) in [7, 11) is 0. The van der Waals surface area contributed by atoms with Gasteiger partial charge in [-0.1, -0.05) is 36.2 Å². The molecule has 10 heteroatoms. The van der Waals surface area contributed by atoms with Crippen molar-refractivity contribution in [2.24, 2.45) is 0 Å². The molecule has 1 aromatic carbocycles. The minimum Gasteiger partial charge on any atom is -0.337 e. The van der Waals surface area contributed by atoms with Crippen molar-refractivity contribution < 1.29 is 14.4 Å². The van der Waals surface area contributed by atoms with Gasteiger partial charge in [0.1, 0.15) is 0 Å². The number of benzene rings is 1. The standard InChI is InChI=1S/C20H24Cl2N4O3S/c1-2-9-26(12-18(27)24-17-6-5-14(21)11-16(17)22)13-19(28)25-20(29)23-8-7-15-4-3-10-30-15/h3-6,10-11H,2,7-9,12-13H2,1H3,(H,24,27)(H2,23,25,28,29). The summed E-state index contributed by atoms with van der Waals surface area (Å²) >= 11 is 13.5. The van der Waals surface area contributed by atoms with Gasteiger partial charge >= 0.3 is 6.03 Å². The highest BCUT2D eigenvalue weighted by Crippen LogP contribution is 2.25. The third kappa shape index (κ3) is 8.71. The van der Waals surface area contributed by atoms with Crippen molar-refractivity contribution >= 4 is 58.1 Å². The topological polar surface area (TPSA) is 90.5 Å². The number of nitrogens with one attached hydrogen (secondary N) is 3. The van der Waals surface area contributed by atoms with Crippen molar-refractivity contribution in [3.63, 3.8) is 0 Å². The van der Waals surface area contributed by atoms with Gasteiger partial charge in [-0.2, -0.15) is 0 Å². The lowest BCUT2D eigenvalue weighted by Gasteiger charge is -2.20. The van der Waals surface area contributed by atoms with E-state index in [1.54, 1.807) is 28.4 Å². The summed E-state index contributed by atoms with van der Waals surface area (Å²) in [6, 6.07) is 8.15. The molecule has 1 aromatic heterocycles. The van der Waals surface area contributed by atoms with Gasteiger partial charge < -0.3 is 10.6 Å². The predicted molar refractivity (Wildman–Crippen MR) is 121 cm³/mol. The second-order valence-electron chi connectivity index (χ2n) is 6.52. The molecule has 0 radical (unpaired) electrons. The quantitative estimate of drug-likeness (QED) is 0.492. The van der Waals surface area contributed by atoms with Crippen LogP contribution in [0.1, 0.15) is 18.2 Å². The van der Waals surface area contributed by atoms with Crippen molar-refractivity contribution in [1.82, 2.24) is 15.5 Å². The summed E-state index contributed by atoms with van der Waals surface area (Å²) in [5, 5.41) is 10.4. The van der Waals surface area contributed by atoms with Crippen molar-refractivity contribution in [3.8, 4) is 0 Å². The molecular weight excluding hydrogens is 447 g/mol. The van der Waals surface area contributed by atoms with E-state index in [0.717, 1.165) is 11.3 Å². The third-order valence-electron chi connectivity index (χ3n) is 3.97. The number of halogens is 2. The largest absolute Gasteiger partial charge is 0.337 e. The summed E-state index contributed by atoms with van der Waals surface area (Å²) in [6.45, 7) is 2.81. The summed E-state index contributed by atoms with van der Waals surface area (Å²) in [5.41, 5.74) is 0.442. The van der Waals surface area contributed by atoms with Crippen LogP contribution in [-0.2, 0) is 16.0 Å². The zero-order valence-electron chi connectivity index (χ0n) is 16.5. The first-order valence-corrected chi connectivity index (χ1v) is 11.1. The van der Waals surface area contributed by atoms with Gasteiger partial charge in [0.05, 0.1) is 23.8 Å². The van der Waals surface area contributed by atoms with Gasteiger partial charge in [-0.15, -0.1) is 11.3 Å². The van der Waals surface area contributed by atoms with Crippen LogP contribution >= 0.6 is 34.5 Å². The van der Waals surface area contributed by atoms with Crippen LogP contribution in [0.25, 0.3) is 0 Å². The Morgan fingerprint density at radius 3 is 2.53 bits per heavy atom. The van der Waals surface area contributed by atoms with Crippen LogP contribution in [-0.4, -0.2) is 48.9 Å². The van der Waals surface area contributed by atoms with Gasteiger partial charge in [-0.25, -0.2) is 4.79 Å². The first-order valence-electron chi connectivity index (χ1n) is 9.44. The average molecular weight is 471 g/mol. The van der Waals surface area contributed by atoms with Crippen molar-refractivity contribution in [1.29, 1.82) is 0 Å². The number of hydrogen-bond acceptors (Lipinski definition) is 5. The molecule has 0 bridgehead atoms. The summed E-state index contributed by atoms with van der Waals surface area (Å²) in [4.78, 5) is 39.2. The van der Waals surface area contributed by atoms with E-state index in [4.69, 9.17) is 23.2 Å². The molecule has 0 atom stereocenters. The number of urea groups is 1. The highest BCUT2D eigenvalue weighted by atomic mass is 35.5. The second kappa shape index (κ2) is 12.5. The van der Waals surface area contributed by atoms with Crippen LogP contribution in [0, 0.1) is 0 Å². The molecule has 162 valence electrons. The first kappa shape index (κ1) is 24.1. The number of anilines is 1. The SMILES string of the molecule is CCCN(CC(=O)NC(=O)NCCc1cccs1)CC(=O)Nc1ccc(Cl)cc1Cl. The zero-order valence-corrected chi connectivity index (χ0v) is 18.9. The Kier molecular flexibility index (Phi) is 10.1. The van der Waals surface area contributed by atoms with E-state index in [9.17, 15) is 14.4 Å². The fourth-order valence-corrected chi connectivity index (χ4v) is 3.85. The number of carbonyl (C=O) groups excluding carboxylic acids is 3. The molecule has 0 spiro atoms. The highest BCUT2D eigenvalue weighted by molar-refractivity contribution is 7.09. The number of hydrogen-bond donors (Lipinski definition) is 3. The number of imide groups is 1. The fourth-order valence-electron chi connectivity index (χ4n) is 2.68. The zero-order chi connectivity index (χ0) is 21.9. The molecule has 2 aromatic rings. The van der Waals surface area contributed by atoms with Gasteiger partial charge in [0, 0.05) is 16.4 Å². The molecule has 0 saturated carbocycles. The number of thiophene rings is 1. The molecule has 0 aliphatic rings. The summed E-state index contributed by atoms with van der Waals surface area (Å²) in [5.74, 6) is -0.796. The highest BCUT2D eigenvalue weighted by Gasteiger charge is 2.16. The van der Waals surface area contributed by atoms with Crippen LogP contribution in [0.15, 0.2) is 35.7 Å². The monoisotopic (exact) mass is 470 g/mol. The average Bonchev–Trinajstić information content (AvgIpc) is 3.17. The molecule has 0 aliphatic carbocycles. The molecular formula is C20H24Cl2N4O3S. The maximum absolute atomic E-state index is 12.3. The van der Waals surface area contributed by atoms with E-state index in [-0.39, 0.29) is 19.0 Å². The molecule has 30 heavy (non-hydrogen) atoms. The molecule has 0 unspecified atom stereocenters. The molecule has 0 aliphatic heterocycles. The van der Waals surface area contributed by atoms with Crippen LogP contribution in [0.3, 0.4) is 0 Å². The lowest BCUT2D eigenvalue weighted by Crippen LogP contribution is -2.46. The lowest BCUT2D eigenvalue weighted by atomic mass is 10.3. The number of amides is 4. The van der Waals surface area contributed by atoms with Gasteiger partial charge in [-0.05, 0) is 49.0 Å². The lowest BCUT2D eigenvalue weighted by molar-refractivity contribution is -0.122. The summed E-state index contributed by atoms with van der Waals surface area (Å²) in [6.07, 6.45) is 1.45. The van der Waals surface area contributed by atoms with E-state index < -0.39 is 11.9 Å². The Morgan fingerprint density at radius 2 is 1.87 bits per heavy atom. The van der Waals surface area contributed by atoms with Crippen molar-refractivity contribution in [3.05, 3.63) is 50.6 Å². The molecule has 7 nitrogen and oxygen atoms in total. The summed E-state index contributed by atoms with van der Waals surface area (Å²) < 4.78 is 0. The van der Waals surface area contributed by atoms with Crippen molar-refractivity contribution in [2.45, 2.75) is 19.8 Å². The van der Waals surface area contributed by atoms with E-state index in [1.807, 2.05) is 24.4 Å². The smallest absolute Gasteiger partial charge is 0.321 e. The minimum atomic E-state index is -0.551. The molecule has 1 heterocycles. The van der Waals surface area contributed by atoms with Gasteiger partial charge in [0.15, 0.2) is 0 Å². The molecule has 3 N–H and O–H groups in total. The van der Waals surface area contributed by atoms with Crippen LogP contribution in [0.5, 0.6) is 0 Å².